The topological polar surface area (TPSA) is 50.9 Å². The van der Waals surface area contributed by atoms with Gasteiger partial charge in [-0.25, -0.2) is 0 Å². The number of nitrogens with one attached hydrogen (secondary N) is 1. The van der Waals surface area contributed by atoms with Crippen LogP contribution in [-0.2, 0) is 9.53 Å². The Bertz CT molecular complexity index is 806. The molecule has 0 aromatic heterocycles. The minimum Gasteiger partial charge on any atom is -0.490 e. The van der Waals surface area contributed by atoms with Crippen LogP contribution in [-0.4, -0.2) is 25.2 Å². The third-order valence-corrected chi connectivity index (χ3v) is 4.10. The third-order valence-electron chi connectivity index (χ3n) is 4.10. The minimum absolute atomic E-state index is 0.0954. The Morgan fingerprint density at radius 1 is 1.26 bits per heavy atom. The number of hydrogen-bond acceptors (Lipinski definition) is 3. The van der Waals surface area contributed by atoms with Gasteiger partial charge in [0.1, 0.15) is 18.5 Å². The highest BCUT2D eigenvalue weighted by molar-refractivity contribution is 6.35. The van der Waals surface area contributed by atoms with Crippen molar-refractivity contribution in [2.75, 3.05) is 18.5 Å². The number of aryl methyl sites for hydroxylation is 1. The zero-order valence-electron chi connectivity index (χ0n) is 12.8. The van der Waals surface area contributed by atoms with E-state index in [1.807, 2.05) is 55.5 Å². The van der Waals surface area contributed by atoms with Crippen LogP contribution in [0, 0.1) is 6.92 Å². The first-order chi connectivity index (χ1) is 11.2. The largest absolute Gasteiger partial charge is 0.490 e. The lowest BCUT2D eigenvalue weighted by molar-refractivity contribution is -0.110. The van der Waals surface area contributed by atoms with E-state index >= 15 is 0 Å². The zero-order chi connectivity index (χ0) is 15.8. The van der Waals surface area contributed by atoms with Crippen molar-refractivity contribution in [3.63, 3.8) is 0 Å². The molecule has 0 aliphatic carbocycles. The van der Waals surface area contributed by atoms with Gasteiger partial charge in [-0.2, -0.15) is 0 Å². The summed E-state index contributed by atoms with van der Waals surface area (Å²) >= 11 is 0. The van der Waals surface area contributed by atoms with Gasteiger partial charge in [0.25, 0.3) is 5.91 Å². The van der Waals surface area contributed by atoms with Crippen LogP contribution in [0.25, 0.3) is 11.6 Å². The standard InChI is InChI=1S/C19H17NO3/c1-12-5-2-3-6-13(12)9-15-18-16(20-19(15)21)7-4-8-17(18)23-11-14-10-22-14/h2-9,14H,10-11H2,1H3,(H,20,21). The summed E-state index contributed by atoms with van der Waals surface area (Å²) in [6.45, 7) is 3.30. The molecule has 4 heteroatoms. The number of hydrogen-bond donors (Lipinski definition) is 1. The monoisotopic (exact) mass is 307 g/mol. The number of epoxide rings is 1. The number of carbonyl (C=O) groups excluding carboxylic acids is 1. The van der Waals surface area contributed by atoms with Gasteiger partial charge in [0.05, 0.1) is 23.4 Å². The zero-order valence-corrected chi connectivity index (χ0v) is 12.8. The van der Waals surface area contributed by atoms with Gasteiger partial charge in [0, 0.05) is 0 Å². The van der Waals surface area contributed by atoms with Crippen LogP contribution in [0.3, 0.4) is 0 Å². The fraction of sp³-hybridized carbons (Fsp3) is 0.211. The molecule has 2 aromatic carbocycles. The van der Waals surface area contributed by atoms with Crippen molar-refractivity contribution in [3.05, 3.63) is 59.2 Å². The maximum absolute atomic E-state index is 12.4. The molecule has 1 atom stereocenters. The second-order valence-electron chi connectivity index (χ2n) is 5.81. The number of amides is 1. The summed E-state index contributed by atoms with van der Waals surface area (Å²) in [5.41, 5.74) is 4.43. The molecule has 1 amide bonds. The van der Waals surface area contributed by atoms with Crippen molar-refractivity contribution in [2.45, 2.75) is 13.0 Å². The summed E-state index contributed by atoms with van der Waals surface area (Å²) in [7, 11) is 0. The summed E-state index contributed by atoms with van der Waals surface area (Å²) in [6, 6.07) is 13.7. The molecule has 4 nitrogen and oxygen atoms in total. The first-order valence-electron chi connectivity index (χ1n) is 7.69. The third kappa shape index (κ3) is 2.73. The molecular weight excluding hydrogens is 290 g/mol. The molecule has 2 aliphatic heterocycles. The van der Waals surface area contributed by atoms with E-state index in [2.05, 4.69) is 5.32 Å². The highest BCUT2D eigenvalue weighted by Crippen LogP contribution is 2.40. The quantitative estimate of drug-likeness (QED) is 0.697. The van der Waals surface area contributed by atoms with Crippen LogP contribution in [0.15, 0.2) is 42.5 Å². The lowest BCUT2D eigenvalue weighted by Crippen LogP contribution is -2.06. The van der Waals surface area contributed by atoms with Gasteiger partial charge in [-0.1, -0.05) is 30.3 Å². The number of anilines is 1. The lowest BCUT2D eigenvalue weighted by atomic mass is 10.0. The first-order valence-corrected chi connectivity index (χ1v) is 7.69. The van der Waals surface area contributed by atoms with E-state index in [0.29, 0.717) is 12.2 Å². The van der Waals surface area contributed by atoms with Crippen LogP contribution in [0.2, 0.25) is 0 Å². The molecule has 2 aliphatic rings. The van der Waals surface area contributed by atoms with E-state index in [1.165, 1.54) is 0 Å². The van der Waals surface area contributed by atoms with Crippen molar-refractivity contribution < 1.29 is 14.3 Å². The second kappa shape index (κ2) is 5.56. The molecule has 4 rings (SSSR count). The number of ether oxygens (including phenoxy) is 2. The molecule has 1 N–H and O–H groups in total. The van der Waals surface area contributed by atoms with Crippen LogP contribution in [0.4, 0.5) is 5.69 Å². The van der Waals surface area contributed by atoms with E-state index in [1.54, 1.807) is 0 Å². The van der Waals surface area contributed by atoms with Crippen LogP contribution in [0.5, 0.6) is 5.75 Å². The number of benzene rings is 2. The minimum atomic E-state index is -0.0954. The maximum atomic E-state index is 12.4. The van der Waals surface area contributed by atoms with E-state index in [0.717, 1.165) is 34.7 Å². The summed E-state index contributed by atoms with van der Waals surface area (Å²) in [6.07, 6.45) is 2.11. The van der Waals surface area contributed by atoms with Crippen molar-refractivity contribution in [3.8, 4) is 5.75 Å². The molecule has 0 spiro atoms. The summed E-state index contributed by atoms with van der Waals surface area (Å²) in [5.74, 6) is 0.623. The van der Waals surface area contributed by atoms with Gasteiger partial charge < -0.3 is 14.8 Å². The molecule has 1 saturated heterocycles. The Hall–Kier alpha value is -2.59. The Morgan fingerprint density at radius 3 is 2.87 bits per heavy atom. The van der Waals surface area contributed by atoms with Crippen LogP contribution < -0.4 is 10.1 Å². The molecule has 0 bridgehead atoms. The summed E-state index contributed by atoms with van der Waals surface area (Å²) in [4.78, 5) is 12.4. The molecule has 0 radical (unpaired) electrons. The number of rotatable bonds is 4. The smallest absolute Gasteiger partial charge is 0.256 e. The Labute approximate surface area is 134 Å². The first kappa shape index (κ1) is 14.0. The van der Waals surface area contributed by atoms with Crippen molar-refractivity contribution in [2.24, 2.45) is 0 Å². The fourth-order valence-corrected chi connectivity index (χ4v) is 2.73. The molecule has 1 fully saturated rings. The van der Waals surface area contributed by atoms with Crippen LogP contribution >= 0.6 is 0 Å². The molecule has 23 heavy (non-hydrogen) atoms. The molecule has 0 saturated carbocycles. The van der Waals surface area contributed by atoms with Gasteiger partial charge >= 0.3 is 0 Å². The lowest BCUT2D eigenvalue weighted by Gasteiger charge is -2.10. The van der Waals surface area contributed by atoms with Gasteiger partial charge in [-0.15, -0.1) is 0 Å². The van der Waals surface area contributed by atoms with Gasteiger partial charge in [0.15, 0.2) is 0 Å². The van der Waals surface area contributed by atoms with E-state index in [4.69, 9.17) is 9.47 Å². The molecule has 116 valence electrons. The average molecular weight is 307 g/mol. The Kier molecular flexibility index (Phi) is 3.39. The second-order valence-corrected chi connectivity index (χ2v) is 5.81. The predicted molar refractivity (Wildman–Crippen MR) is 89.4 cm³/mol. The fourth-order valence-electron chi connectivity index (χ4n) is 2.73. The Morgan fingerprint density at radius 2 is 2.09 bits per heavy atom. The predicted octanol–water partition coefficient (Wildman–Crippen LogP) is 3.27. The number of carbonyl (C=O) groups is 1. The summed E-state index contributed by atoms with van der Waals surface area (Å²) in [5, 5.41) is 2.91. The highest BCUT2D eigenvalue weighted by atomic mass is 16.6. The summed E-state index contributed by atoms with van der Waals surface area (Å²) < 4.78 is 11.0. The molecule has 2 aromatic rings. The number of fused-ring (bicyclic) bond motifs is 1. The van der Waals surface area contributed by atoms with Gasteiger partial charge in [-0.3, -0.25) is 4.79 Å². The van der Waals surface area contributed by atoms with Gasteiger partial charge in [-0.05, 0) is 36.3 Å². The van der Waals surface area contributed by atoms with E-state index in [-0.39, 0.29) is 12.0 Å². The SMILES string of the molecule is Cc1ccccc1C=C1C(=O)Nc2cccc(OCC3CO3)c21. The van der Waals surface area contributed by atoms with E-state index < -0.39 is 0 Å². The Balaban J connectivity index is 1.75. The van der Waals surface area contributed by atoms with Crippen LogP contribution in [0.1, 0.15) is 16.7 Å². The normalized spacial score (nSPS) is 20.3. The van der Waals surface area contributed by atoms with E-state index in [9.17, 15) is 4.79 Å². The van der Waals surface area contributed by atoms with Gasteiger partial charge in [0.2, 0.25) is 0 Å². The highest BCUT2D eigenvalue weighted by Gasteiger charge is 2.29. The molecular formula is C19H17NO3. The van der Waals surface area contributed by atoms with Crippen molar-refractivity contribution in [1.29, 1.82) is 0 Å². The average Bonchev–Trinajstić information content (AvgIpc) is 3.32. The van der Waals surface area contributed by atoms with Crippen molar-refractivity contribution >= 4 is 23.2 Å². The maximum Gasteiger partial charge on any atom is 0.256 e. The molecule has 1 unspecified atom stereocenters. The molecule has 2 heterocycles. The van der Waals surface area contributed by atoms with Crippen molar-refractivity contribution in [1.82, 2.24) is 0 Å².